The van der Waals surface area contributed by atoms with Gasteiger partial charge in [0, 0.05) is 11.9 Å². The standard InChI is InChI=1S/C17H13NO3/c19-14-8-6-13(7-9-14)18-11-10-15(17(20)21)16(18)12-4-2-1-3-5-12/h1-11,19H,(H,20,21). The number of aromatic carboxylic acids is 1. The predicted molar refractivity (Wildman–Crippen MR) is 79.8 cm³/mol. The summed E-state index contributed by atoms with van der Waals surface area (Å²) in [5.41, 5.74) is 2.48. The molecule has 0 saturated heterocycles. The summed E-state index contributed by atoms with van der Waals surface area (Å²) in [4.78, 5) is 11.4. The van der Waals surface area contributed by atoms with Gasteiger partial charge in [0.15, 0.2) is 0 Å². The summed E-state index contributed by atoms with van der Waals surface area (Å²) in [6, 6.07) is 17.6. The van der Waals surface area contributed by atoms with E-state index < -0.39 is 5.97 Å². The predicted octanol–water partition coefficient (Wildman–Crippen LogP) is 3.55. The zero-order chi connectivity index (χ0) is 14.8. The van der Waals surface area contributed by atoms with E-state index in [9.17, 15) is 15.0 Å². The molecule has 0 bridgehead atoms. The minimum atomic E-state index is -0.966. The lowest BCUT2D eigenvalue weighted by Crippen LogP contribution is -2.01. The van der Waals surface area contributed by atoms with E-state index in [-0.39, 0.29) is 11.3 Å². The maximum atomic E-state index is 11.4. The molecule has 21 heavy (non-hydrogen) atoms. The fourth-order valence-corrected chi connectivity index (χ4v) is 2.32. The zero-order valence-corrected chi connectivity index (χ0v) is 11.1. The highest BCUT2D eigenvalue weighted by Gasteiger charge is 2.17. The number of nitrogens with zero attached hydrogens (tertiary/aromatic N) is 1. The Hall–Kier alpha value is -3.01. The van der Waals surface area contributed by atoms with E-state index in [0.717, 1.165) is 11.3 Å². The second kappa shape index (κ2) is 5.17. The number of phenolic OH excluding ortho intramolecular Hbond substituents is 1. The molecule has 4 heteroatoms. The lowest BCUT2D eigenvalue weighted by Gasteiger charge is -2.11. The monoisotopic (exact) mass is 279 g/mol. The molecule has 0 fully saturated rings. The van der Waals surface area contributed by atoms with Gasteiger partial charge in [-0.25, -0.2) is 4.79 Å². The van der Waals surface area contributed by atoms with Crippen molar-refractivity contribution in [2.24, 2.45) is 0 Å². The molecule has 0 unspecified atom stereocenters. The fourth-order valence-electron chi connectivity index (χ4n) is 2.32. The van der Waals surface area contributed by atoms with Crippen LogP contribution in [0.2, 0.25) is 0 Å². The summed E-state index contributed by atoms with van der Waals surface area (Å²) in [5.74, 6) is -0.794. The normalized spacial score (nSPS) is 10.5. The smallest absolute Gasteiger partial charge is 0.337 e. The first-order valence-electron chi connectivity index (χ1n) is 6.46. The van der Waals surface area contributed by atoms with Crippen LogP contribution in [0.3, 0.4) is 0 Å². The Kier molecular flexibility index (Phi) is 3.20. The third-order valence-electron chi connectivity index (χ3n) is 3.29. The van der Waals surface area contributed by atoms with E-state index in [1.807, 2.05) is 30.3 Å². The molecule has 4 nitrogen and oxygen atoms in total. The van der Waals surface area contributed by atoms with Crippen molar-refractivity contribution < 1.29 is 15.0 Å². The second-order valence-corrected chi connectivity index (χ2v) is 4.64. The fraction of sp³-hybridized carbons (Fsp3) is 0. The Morgan fingerprint density at radius 2 is 1.57 bits per heavy atom. The van der Waals surface area contributed by atoms with Crippen LogP contribution < -0.4 is 0 Å². The van der Waals surface area contributed by atoms with Crippen molar-refractivity contribution in [2.75, 3.05) is 0 Å². The molecule has 0 saturated carbocycles. The molecule has 2 aromatic carbocycles. The number of hydrogen-bond acceptors (Lipinski definition) is 2. The highest BCUT2D eigenvalue weighted by molar-refractivity contribution is 5.95. The molecule has 0 radical (unpaired) electrons. The summed E-state index contributed by atoms with van der Waals surface area (Å²) in [6.07, 6.45) is 1.72. The lowest BCUT2D eigenvalue weighted by molar-refractivity contribution is 0.0698. The Morgan fingerprint density at radius 1 is 0.905 bits per heavy atom. The molecular formula is C17H13NO3. The number of aromatic nitrogens is 1. The number of carbonyl (C=O) groups is 1. The minimum absolute atomic E-state index is 0.172. The van der Waals surface area contributed by atoms with Crippen LogP contribution in [-0.4, -0.2) is 20.7 Å². The quantitative estimate of drug-likeness (QED) is 0.770. The molecule has 0 spiro atoms. The van der Waals surface area contributed by atoms with E-state index in [2.05, 4.69) is 0 Å². The number of aromatic hydroxyl groups is 1. The van der Waals surface area contributed by atoms with Crippen molar-refractivity contribution in [3.05, 3.63) is 72.4 Å². The highest BCUT2D eigenvalue weighted by Crippen LogP contribution is 2.28. The number of benzene rings is 2. The van der Waals surface area contributed by atoms with E-state index in [1.165, 1.54) is 0 Å². The van der Waals surface area contributed by atoms with E-state index >= 15 is 0 Å². The maximum Gasteiger partial charge on any atom is 0.337 e. The Morgan fingerprint density at radius 3 is 2.19 bits per heavy atom. The van der Waals surface area contributed by atoms with Gasteiger partial charge in [-0.05, 0) is 35.9 Å². The van der Waals surface area contributed by atoms with Crippen LogP contribution in [0.1, 0.15) is 10.4 Å². The molecule has 1 heterocycles. The van der Waals surface area contributed by atoms with Gasteiger partial charge >= 0.3 is 5.97 Å². The van der Waals surface area contributed by atoms with Crippen molar-refractivity contribution in [2.45, 2.75) is 0 Å². The molecule has 1 aromatic heterocycles. The molecule has 0 aliphatic heterocycles. The molecule has 2 N–H and O–H groups in total. The molecule has 0 atom stereocenters. The summed E-state index contributed by atoms with van der Waals surface area (Å²) < 4.78 is 1.80. The third kappa shape index (κ3) is 2.39. The molecule has 0 amide bonds. The van der Waals surface area contributed by atoms with Gasteiger partial charge in [-0.1, -0.05) is 30.3 Å². The molecule has 104 valence electrons. The SMILES string of the molecule is O=C(O)c1ccn(-c2ccc(O)cc2)c1-c1ccccc1. The van der Waals surface area contributed by atoms with Crippen molar-refractivity contribution in [1.29, 1.82) is 0 Å². The first-order chi connectivity index (χ1) is 10.2. The molecule has 3 rings (SSSR count). The van der Waals surface area contributed by atoms with Gasteiger partial charge in [-0.2, -0.15) is 0 Å². The summed E-state index contributed by atoms with van der Waals surface area (Å²) in [7, 11) is 0. The van der Waals surface area contributed by atoms with Gasteiger partial charge in [0.25, 0.3) is 0 Å². The topological polar surface area (TPSA) is 62.5 Å². The second-order valence-electron chi connectivity index (χ2n) is 4.64. The van der Waals surface area contributed by atoms with Crippen molar-refractivity contribution in [1.82, 2.24) is 4.57 Å². The van der Waals surface area contributed by atoms with Gasteiger partial charge in [0.1, 0.15) is 5.75 Å². The Labute approximate surface area is 121 Å². The van der Waals surface area contributed by atoms with Crippen LogP contribution in [0.25, 0.3) is 16.9 Å². The van der Waals surface area contributed by atoms with E-state index in [4.69, 9.17) is 0 Å². The van der Waals surface area contributed by atoms with E-state index in [1.54, 1.807) is 41.1 Å². The van der Waals surface area contributed by atoms with Gasteiger partial charge in [-0.15, -0.1) is 0 Å². The molecular weight excluding hydrogens is 266 g/mol. The number of rotatable bonds is 3. The minimum Gasteiger partial charge on any atom is -0.508 e. The Bertz CT molecular complexity index is 774. The highest BCUT2D eigenvalue weighted by atomic mass is 16.4. The lowest BCUT2D eigenvalue weighted by atomic mass is 10.1. The van der Waals surface area contributed by atoms with Crippen LogP contribution >= 0.6 is 0 Å². The van der Waals surface area contributed by atoms with E-state index in [0.29, 0.717) is 5.69 Å². The molecule has 0 aliphatic rings. The molecule has 3 aromatic rings. The maximum absolute atomic E-state index is 11.4. The molecule has 0 aliphatic carbocycles. The van der Waals surface area contributed by atoms with Crippen molar-refractivity contribution >= 4 is 5.97 Å². The first kappa shape index (κ1) is 13.0. The number of carboxylic acid groups (broad SMARTS) is 1. The summed E-state index contributed by atoms with van der Waals surface area (Å²) in [6.45, 7) is 0. The van der Waals surface area contributed by atoms with Gasteiger partial charge in [0.2, 0.25) is 0 Å². The van der Waals surface area contributed by atoms with Crippen molar-refractivity contribution in [3.8, 4) is 22.7 Å². The average molecular weight is 279 g/mol. The number of hydrogen-bond donors (Lipinski definition) is 2. The number of carboxylic acids is 1. The summed E-state index contributed by atoms with van der Waals surface area (Å²) >= 11 is 0. The average Bonchev–Trinajstić information content (AvgIpc) is 2.94. The zero-order valence-electron chi connectivity index (χ0n) is 11.1. The number of phenols is 1. The van der Waals surface area contributed by atoms with Crippen LogP contribution in [0.5, 0.6) is 5.75 Å². The van der Waals surface area contributed by atoms with Gasteiger partial charge in [-0.3, -0.25) is 0 Å². The van der Waals surface area contributed by atoms with Crippen LogP contribution in [-0.2, 0) is 0 Å². The van der Waals surface area contributed by atoms with Crippen LogP contribution in [0.15, 0.2) is 66.9 Å². The Balaban J connectivity index is 2.22. The summed E-state index contributed by atoms with van der Waals surface area (Å²) in [5, 5.41) is 18.8. The largest absolute Gasteiger partial charge is 0.508 e. The van der Waals surface area contributed by atoms with Crippen LogP contribution in [0.4, 0.5) is 0 Å². The third-order valence-corrected chi connectivity index (χ3v) is 3.29. The van der Waals surface area contributed by atoms with Crippen molar-refractivity contribution in [3.63, 3.8) is 0 Å². The van der Waals surface area contributed by atoms with Gasteiger partial charge < -0.3 is 14.8 Å². The van der Waals surface area contributed by atoms with Gasteiger partial charge in [0.05, 0.1) is 11.3 Å². The first-order valence-corrected chi connectivity index (χ1v) is 6.46. The van der Waals surface area contributed by atoms with Crippen LogP contribution in [0, 0.1) is 0 Å².